The Morgan fingerprint density at radius 2 is 1.96 bits per heavy atom. The second-order valence-corrected chi connectivity index (χ2v) is 6.64. The number of likely N-dealkylation sites (tertiary alicyclic amines) is 1. The van der Waals surface area contributed by atoms with Gasteiger partial charge in [-0.1, -0.05) is 60.2 Å². The fraction of sp³-hybridized carbons (Fsp3) is 0.350. The highest BCUT2D eigenvalue weighted by Crippen LogP contribution is 2.25. The van der Waals surface area contributed by atoms with Crippen molar-refractivity contribution in [3.8, 4) is 0 Å². The largest absolute Gasteiger partial charge is 0.351 e. The van der Waals surface area contributed by atoms with Gasteiger partial charge >= 0.3 is 0 Å². The smallest absolute Gasteiger partial charge is 0.234 e. The van der Waals surface area contributed by atoms with Crippen LogP contribution in [-0.2, 0) is 11.3 Å². The van der Waals surface area contributed by atoms with Crippen molar-refractivity contribution in [1.82, 2.24) is 10.2 Å². The van der Waals surface area contributed by atoms with Crippen LogP contribution in [0.4, 0.5) is 0 Å². The van der Waals surface area contributed by atoms with Crippen molar-refractivity contribution in [3.63, 3.8) is 0 Å². The van der Waals surface area contributed by atoms with Gasteiger partial charge in [-0.2, -0.15) is 0 Å². The maximum Gasteiger partial charge on any atom is 0.234 e. The van der Waals surface area contributed by atoms with Gasteiger partial charge in [0, 0.05) is 31.6 Å². The van der Waals surface area contributed by atoms with E-state index in [4.69, 9.17) is 5.73 Å². The Balaban J connectivity index is 1.50. The van der Waals surface area contributed by atoms with E-state index < -0.39 is 0 Å². The summed E-state index contributed by atoms with van der Waals surface area (Å²) in [6.07, 6.45) is 0. The molecule has 1 heterocycles. The number of aryl methyl sites for hydroxylation is 1. The lowest BCUT2D eigenvalue weighted by Gasteiger charge is -2.16. The number of benzene rings is 2. The van der Waals surface area contributed by atoms with Crippen molar-refractivity contribution in [2.45, 2.75) is 25.4 Å². The number of carbonyl (C=O) groups excluding carboxylic acids is 1. The molecule has 0 unspecified atom stereocenters. The van der Waals surface area contributed by atoms with E-state index in [0.717, 1.165) is 18.7 Å². The van der Waals surface area contributed by atoms with E-state index in [-0.39, 0.29) is 11.9 Å². The Bertz CT molecular complexity index is 686. The minimum atomic E-state index is 0.0532. The number of nitrogens with two attached hydrogens (primary N) is 1. The summed E-state index contributed by atoms with van der Waals surface area (Å²) >= 11 is 0. The maximum atomic E-state index is 12.2. The summed E-state index contributed by atoms with van der Waals surface area (Å²) in [4.78, 5) is 14.4. The monoisotopic (exact) mass is 323 g/mol. The van der Waals surface area contributed by atoms with Crippen molar-refractivity contribution in [3.05, 3.63) is 71.3 Å². The molecule has 0 saturated carbocycles. The second-order valence-electron chi connectivity index (χ2n) is 6.64. The molecule has 3 N–H and O–H groups in total. The summed E-state index contributed by atoms with van der Waals surface area (Å²) in [5.41, 5.74) is 9.88. The molecule has 0 radical (unpaired) electrons. The van der Waals surface area contributed by atoms with Crippen molar-refractivity contribution < 1.29 is 4.79 Å². The molecule has 0 bridgehead atoms. The van der Waals surface area contributed by atoms with Crippen molar-refractivity contribution in [1.29, 1.82) is 0 Å². The van der Waals surface area contributed by atoms with Gasteiger partial charge in [-0.25, -0.2) is 0 Å². The summed E-state index contributed by atoms with van der Waals surface area (Å²) in [5, 5.41) is 3.00. The molecule has 1 aliphatic heterocycles. The average Bonchev–Trinajstić information content (AvgIpc) is 2.94. The number of nitrogens with zero attached hydrogens (tertiary/aromatic N) is 1. The highest BCUT2D eigenvalue weighted by molar-refractivity contribution is 5.78. The van der Waals surface area contributed by atoms with Crippen LogP contribution < -0.4 is 11.1 Å². The van der Waals surface area contributed by atoms with Crippen LogP contribution in [0, 0.1) is 6.92 Å². The summed E-state index contributed by atoms with van der Waals surface area (Å²) < 4.78 is 0. The molecule has 126 valence electrons. The highest BCUT2D eigenvalue weighted by atomic mass is 16.2. The van der Waals surface area contributed by atoms with Gasteiger partial charge in [-0.05, 0) is 18.1 Å². The number of nitrogens with one attached hydrogen (secondary N) is 1. The highest BCUT2D eigenvalue weighted by Gasteiger charge is 2.31. The third-order valence-corrected chi connectivity index (χ3v) is 4.61. The molecule has 1 saturated heterocycles. The van der Waals surface area contributed by atoms with Crippen molar-refractivity contribution in [2.75, 3.05) is 19.6 Å². The number of hydrogen-bond donors (Lipinski definition) is 2. The van der Waals surface area contributed by atoms with Gasteiger partial charge in [0.05, 0.1) is 6.54 Å². The minimum Gasteiger partial charge on any atom is -0.351 e. The third kappa shape index (κ3) is 4.22. The Morgan fingerprint density at radius 1 is 1.17 bits per heavy atom. The SMILES string of the molecule is Cc1cccc(CNC(=O)CN2C[C@@H](N)[C@H](c3ccccc3)C2)c1. The van der Waals surface area contributed by atoms with Crippen LogP contribution in [0.5, 0.6) is 0 Å². The normalized spacial score (nSPS) is 20.9. The topological polar surface area (TPSA) is 58.4 Å². The fourth-order valence-corrected chi connectivity index (χ4v) is 3.38. The summed E-state index contributed by atoms with van der Waals surface area (Å²) in [7, 11) is 0. The van der Waals surface area contributed by atoms with E-state index in [1.54, 1.807) is 0 Å². The first kappa shape index (κ1) is 16.7. The van der Waals surface area contributed by atoms with Gasteiger partial charge in [-0.3, -0.25) is 9.69 Å². The number of carbonyl (C=O) groups is 1. The number of hydrogen-bond acceptors (Lipinski definition) is 3. The van der Waals surface area contributed by atoms with Gasteiger partial charge in [0.25, 0.3) is 0 Å². The van der Waals surface area contributed by atoms with Crippen molar-refractivity contribution in [2.24, 2.45) is 5.73 Å². The van der Waals surface area contributed by atoms with Gasteiger partial charge in [0.2, 0.25) is 5.91 Å². The van der Waals surface area contributed by atoms with Crippen LogP contribution in [0.1, 0.15) is 22.6 Å². The number of amides is 1. The first-order valence-electron chi connectivity index (χ1n) is 8.47. The Morgan fingerprint density at radius 3 is 2.71 bits per heavy atom. The lowest BCUT2D eigenvalue weighted by Crippen LogP contribution is -2.37. The fourth-order valence-electron chi connectivity index (χ4n) is 3.38. The molecule has 3 rings (SSSR count). The summed E-state index contributed by atoms with van der Waals surface area (Å²) in [5.74, 6) is 0.355. The zero-order valence-electron chi connectivity index (χ0n) is 14.1. The van der Waals surface area contributed by atoms with E-state index in [1.165, 1.54) is 11.1 Å². The molecule has 2 atom stereocenters. The summed E-state index contributed by atoms with van der Waals surface area (Å²) in [6.45, 7) is 4.63. The molecule has 4 nitrogen and oxygen atoms in total. The van der Waals surface area contributed by atoms with E-state index in [0.29, 0.717) is 19.0 Å². The molecule has 1 aliphatic rings. The van der Waals surface area contributed by atoms with Crippen LogP contribution in [0.15, 0.2) is 54.6 Å². The lowest BCUT2D eigenvalue weighted by atomic mass is 9.95. The standard InChI is InChI=1S/C20H25N3O/c1-15-6-5-7-16(10-15)11-22-20(24)14-23-12-18(19(21)13-23)17-8-3-2-4-9-17/h2-10,18-19H,11-14,21H2,1H3,(H,22,24)/t18-,19+/m0/s1. The first-order valence-corrected chi connectivity index (χ1v) is 8.47. The van der Waals surface area contributed by atoms with Gasteiger partial charge in [0.15, 0.2) is 0 Å². The van der Waals surface area contributed by atoms with Crippen molar-refractivity contribution >= 4 is 5.91 Å². The first-order chi connectivity index (χ1) is 11.6. The lowest BCUT2D eigenvalue weighted by molar-refractivity contribution is -0.122. The molecule has 0 spiro atoms. The van der Waals surface area contributed by atoms with Gasteiger partial charge in [0.1, 0.15) is 0 Å². The molecule has 2 aromatic rings. The van der Waals surface area contributed by atoms with Crippen LogP contribution in [0.3, 0.4) is 0 Å². The predicted molar refractivity (Wildman–Crippen MR) is 96.6 cm³/mol. The van der Waals surface area contributed by atoms with Crippen LogP contribution in [0.25, 0.3) is 0 Å². The predicted octanol–water partition coefficient (Wildman–Crippen LogP) is 2.04. The van der Waals surface area contributed by atoms with E-state index in [9.17, 15) is 4.79 Å². The average molecular weight is 323 g/mol. The molecule has 4 heteroatoms. The van der Waals surface area contributed by atoms with Crippen LogP contribution in [0.2, 0.25) is 0 Å². The molecule has 2 aromatic carbocycles. The summed E-state index contributed by atoms with van der Waals surface area (Å²) in [6, 6.07) is 18.6. The van der Waals surface area contributed by atoms with Crippen LogP contribution >= 0.6 is 0 Å². The van der Waals surface area contributed by atoms with E-state index in [1.807, 2.05) is 30.3 Å². The maximum absolute atomic E-state index is 12.2. The quantitative estimate of drug-likeness (QED) is 0.885. The molecule has 0 aliphatic carbocycles. The van der Waals surface area contributed by atoms with E-state index in [2.05, 4.69) is 41.4 Å². The second kappa shape index (κ2) is 7.60. The third-order valence-electron chi connectivity index (χ3n) is 4.61. The minimum absolute atomic E-state index is 0.0532. The molecule has 1 amide bonds. The Hall–Kier alpha value is -2.17. The molecular weight excluding hydrogens is 298 g/mol. The molecular formula is C20H25N3O. The number of rotatable bonds is 5. The van der Waals surface area contributed by atoms with Crippen LogP contribution in [-0.4, -0.2) is 36.5 Å². The Kier molecular flexibility index (Phi) is 5.28. The Labute approximate surface area is 143 Å². The van der Waals surface area contributed by atoms with Gasteiger partial charge < -0.3 is 11.1 Å². The zero-order chi connectivity index (χ0) is 16.9. The van der Waals surface area contributed by atoms with Gasteiger partial charge in [-0.15, -0.1) is 0 Å². The zero-order valence-corrected chi connectivity index (χ0v) is 14.1. The molecule has 24 heavy (non-hydrogen) atoms. The molecule has 0 aromatic heterocycles. The van der Waals surface area contributed by atoms with E-state index >= 15 is 0 Å². The molecule has 1 fully saturated rings.